The Morgan fingerprint density at radius 1 is 1.06 bits per heavy atom. The zero-order valence-corrected chi connectivity index (χ0v) is 18.4. The molecule has 0 N–H and O–H groups in total. The minimum absolute atomic E-state index is 0.0604. The quantitative estimate of drug-likeness (QED) is 0.592. The van der Waals surface area contributed by atoms with Gasteiger partial charge in [0.2, 0.25) is 0 Å². The van der Waals surface area contributed by atoms with Crippen LogP contribution in [0.1, 0.15) is 35.8 Å². The van der Waals surface area contributed by atoms with Crippen LogP contribution in [0.2, 0.25) is 0 Å². The molecule has 2 saturated heterocycles. The second-order valence-corrected chi connectivity index (χ2v) is 8.64. The highest BCUT2D eigenvalue weighted by Crippen LogP contribution is 2.30. The van der Waals surface area contributed by atoms with Crippen LogP contribution in [0.15, 0.2) is 48.5 Å². The van der Waals surface area contributed by atoms with Gasteiger partial charge in [0.1, 0.15) is 5.82 Å². The van der Waals surface area contributed by atoms with Crippen LogP contribution < -0.4 is 4.90 Å². The third-order valence-electron chi connectivity index (χ3n) is 6.47. The first-order chi connectivity index (χ1) is 15.7. The fourth-order valence-corrected chi connectivity index (χ4v) is 4.72. The van der Waals surface area contributed by atoms with Crippen LogP contribution in [-0.4, -0.2) is 64.0 Å². The molecule has 1 aromatic heterocycles. The first-order valence-electron chi connectivity index (χ1n) is 11.4. The van der Waals surface area contributed by atoms with Crippen LogP contribution in [0.25, 0.3) is 0 Å². The Bertz CT molecular complexity index is 1020. The number of halogens is 1. The molecule has 2 fully saturated rings. The molecule has 2 aliphatic rings. The second-order valence-electron chi connectivity index (χ2n) is 8.64. The van der Waals surface area contributed by atoms with Gasteiger partial charge in [0.25, 0.3) is 0 Å². The van der Waals surface area contributed by atoms with Crippen LogP contribution in [-0.2, 0) is 11.3 Å². The second kappa shape index (κ2) is 9.34. The minimum Gasteiger partial charge on any atom is -0.376 e. The molecule has 3 heterocycles. The SMILES string of the molecule is Cc1ccc([C@H](c2nnnn2C[C@H]2CCCO2)N2CCN(c3ccccc3F)CC2)cc1. The number of aromatic nitrogens is 4. The molecule has 2 atom stereocenters. The Hall–Kier alpha value is -2.84. The molecule has 168 valence electrons. The number of tetrazole rings is 1. The van der Waals surface area contributed by atoms with E-state index in [0.29, 0.717) is 12.2 Å². The van der Waals surface area contributed by atoms with E-state index in [1.54, 1.807) is 6.07 Å². The van der Waals surface area contributed by atoms with Gasteiger partial charge < -0.3 is 9.64 Å². The molecular weight excluding hydrogens is 407 g/mol. The molecule has 7 nitrogen and oxygen atoms in total. The highest BCUT2D eigenvalue weighted by Gasteiger charge is 2.32. The largest absolute Gasteiger partial charge is 0.376 e. The number of piperazine rings is 1. The number of hydrogen-bond donors (Lipinski definition) is 0. The van der Waals surface area contributed by atoms with Crippen molar-refractivity contribution in [1.29, 1.82) is 0 Å². The van der Waals surface area contributed by atoms with Crippen LogP contribution in [0.5, 0.6) is 0 Å². The van der Waals surface area contributed by atoms with E-state index >= 15 is 0 Å². The van der Waals surface area contributed by atoms with Crippen molar-refractivity contribution >= 4 is 5.69 Å². The van der Waals surface area contributed by atoms with Crippen molar-refractivity contribution in [2.24, 2.45) is 0 Å². The average Bonchev–Trinajstić information content (AvgIpc) is 3.49. The summed E-state index contributed by atoms with van der Waals surface area (Å²) in [5.41, 5.74) is 3.05. The number of para-hydroxylation sites is 1. The Morgan fingerprint density at radius 3 is 2.56 bits per heavy atom. The van der Waals surface area contributed by atoms with Crippen molar-refractivity contribution in [3.05, 3.63) is 71.3 Å². The fourth-order valence-electron chi connectivity index (χ4n) is 4.72. The van der Waals surface area contributed by atoms with E-state index in [-0.39, 0.29) is 18.0 Å². The molecule has 8 heteroatoms. The van der Waals surface area contributed by atoms with E-state index in [9.17, 15) is 4.39 Å². The topological polar surface area (TPSA) is 59.3 Å². The van der Waals surface area contributed by atoms with E-state index in [0.717, 1.165) is 51.5 Å². The number of aryl methyl sites for hydroxylation is 1. The van der Waals surface area contributed by atoms with E-state index in [1.807, 2.05) is 16.8 Å². The van der Waals surface area contributed by atoms with Crippen molar-refractivity contribution in [2.75, 3.05) is 37.7 Å². The van der Waals surface area contributed by atoms with Crippen molar-refractivity contribution in [1.82, 2.24) is 25.1 Å². The zero-order valence-electron chi connectivity index (χ0n) is 18.4. The molecule has 0 unspecified atom stereocenters. The third kappa shape index (κ3) is 4.38. The standard InChI is InChI=1S/C24H29FN6O/c1-18-8-10-19(11-9-18)23(24-26-27-28-31(24)17-20-5-4-16-32-20)30-14-12-29(13-15-30)22-7-3-2-6-21(22)25/h2-3,6-11,20,23H,4-5,12-17H2,1H3/t20-,23-/m1/s1. The molecule has 2 aliphatic heterocycles. The number of anilines is 1. The Balaban J connectivity index is 1.40. The summed E-state index contributed by atoms with van der Waals surface area (Å²) in [5, 5.41) is 12.8. The monoisotopic (exact) mass is 436 g/mol. The summed E-state index contributed by atoms with van der Waals surface area (Å²) in [5.74, 6) is 0.667. The number of ether oxygens (including phenoxy) is 1. The summed E-state index contributed by atoms with van der Waals surface area (Å²) in [4.78, 5) is 4.52. The van der Waals surface area contributed by atoms with Crippen LogP contribution in [0.3, 0.4) is 0 Å². The molecule has 0 saturated carbocycles. The lowest BCUT2D eigenvalue weighted by Crippen LogP contribution is -2.48. The lowest BCUT2D eigenvalue weighted by molar-refractivity contribution is 0.0906. The maximum atomic E-state index is 14.3. The first kappa shape index (κ1) is 21.0. The van der Waals surface area contributed by atoms with Crippen LogP contribution >= 0.6 is 0 Å². The van der Waals surface area contributed by atoms with Crippen molar-refractivity contribution in [3.63, 3.8) is 0 Å². The molecule has 0 bridgehead atoms. The van der Waals surface area contributed by atoms with E-state index in [1.165, 1.54) is 17.2 Å². The van der Waals surface area contributed by atoms with Crippen molar-refractivity contribution in [3.8, 4) is 0 Å². The number of nitrogens with zero attached hydrogens (tertiary/aromatic N) is 6. The highest BCUT2D eigenvalue weighted by atomic mass is 19.1. The molecule has 3 aromatic rings. The number of benzene rings is 2. The first-order valence-corrected chi connectivity index (χ1v) is 11.4. The Labute approximate surface area is 187 Å². The molecular formula is C24H29FN6O. The van der Waals surface area contributed by atoms with Crippen LogP contribution in [0.4, 0.5) is 10.1 Å². The summed E-state index contributed by atoms with van der Waals surface area (Å²) < 4.78 is 22.0. The van der Waals surface area contributed by atoms with Gasteiger partial charge in [-0.15, -0.1) is 5.10 Å². The summed E-state index contributed by atoms with van der Waals surface area (Å²) >= 11 is 0. The number of rotatable bonds is 6. The third-order valence-corrected chi connectivity index (χ3v) is 6.47. The lowest BCUT2D eigenvalue weighted by Gasteiger charge is -2.40. The lowest BCUT2D eigenvalue weighted by atomic mass is 10.0. The van der Waals surface area contributed by atoms with Crippen molar-refractivity contribution in [2.45, 2.75) is 38.5 Å². The van der Waals surface area contributed by atoms with Gasteiger partial charge in [0.15, 0.2) is 5.82 Å². The van der Waals surface area contributed by atoms with E-state index < -0.39 is 0 Å². The minimum atomic E-state index is -0.170. The summed E-state index contributed by atoms with van der Waals surface area (Å²) in [6.07, 6.45) is 2.28. The summed E-state index contributed by atoms with van der Waals surface area (Å²) in [6, 6.07) is 15.5. The van der Waals surface area contributed by atoms with Crippen LogP contribution in [0, 0.1) is 12.7 Å². The molecule has 0 spiro atoms. The van der Waals surface area contributed by atoms with Gasteiger partial charge in [0.05, 0.1) is 24.4 Å². The van der Waals surface area contributed by atoms with Gasteiger partial charge in [-0.1, -0.05) is 42.0 Å². The number of hydrogen-bond acceptors (Lipinski definition) is 6. The van der Waals surface area contributed by atoms with Gasteiger partial charge >= 0.3 is 0 Å². The van der Waals surface area contributed by atoms with E-state index in [2.05, 4.69) is 56.5 Å². The fraction of sp³-hybridized carbons (Fsp3) is 0.458. The van der Waals surface area contributed by atoms with Gasteiger partial charge in [-0.25, -0.2) is 9.07 Å². The van der Waals surface area contributed by atoms with Gasteiger partial charge in [-0.2, -0.15) is 0 Å². The smallest absolute Gasteiger partial charge is 0.173 e. The summed E-state index contributed by atoms with van der Waals surface area (Å²) in [6.45, 7) is 6.64. The predicted molar refractivity (Wildman–Crippen MR) is 120 cm³/mol. The summed E-state index contributed by atoms with van der Waals surface area (Å²) in [7, 11) is 0. The molecule has 2 aromatic carbocycles. The molecule has 0 aliphatic carbocycles. The van der Waals surface area contributed by atoms with Crippen molar-refractivity contribution < 1.29 is 9.13 Å². The normalized spacial score (nSPS) is 20.6. The van der Waals surface area contributed by atoms with Gasteiger partial charge in [-0.3, -0.25) is 4.90 Å². The predicted octanol–water partition coefficient (Wildman–Crippen LogP) is 3.21. The maximum Gasteiger partial charge on any atom is 0.173 e. The zero-order chi connectivity index (χ0) is 21.9. The van der Waals surface area contributed by atoms with Gasteiger partial charge in [0, 0.05) is 32.8 Å². The molecule has 32 heavy (non-hydrogen) atoms. The molecule has 0 radical (unpaired) electrons. The Kier molecular flexibility index (Phi) is 6.14. The highest BCUT2D eigenvalue weighted by molar-refractivity contribution is 5.48. The maximum absolute atomic E-state index is 14.3. The van der Waals surface area contributed by atoms with E-state index in [4.69, 9.17) is 4.74 Å². The van der Waals surface area contributed by atoms with Gasteiger partial charge in [-0.05, 0) is 47.9 Å². The average molecular weight is 437 g/mol. The molecule has 5 rings (SSSR count). The Morgan fingerprint density at radius 2 is 1.84 bits per heavy atom. The molecule has 0 amide bonds.